The van der Waals surface area contributed by atoms with E-state index in [1.54, 1.807) is 0 Å². The van der Waals surface area contributed by atoms with Gasteiger partial charge in [-0.3, -0.25) is 0 Å². The maximum Gasteiger partial charge on any atom is 0.0752 e. The molecule has 0 heterocycles. The summed E-state index contributed by atoms with van der Waals surface area (Å²) in [5.74, 6) is 3.37. The maximum atomic E-state index is 9.45. The van der Waals surface area contributed by atoms with Crippen LogP contribution in [0.2, 0.25) is 0 Å². The Hall–Kier alpha value is -0.300. The quantitative estimate of drug-likeness (QED) is 0.496. The third-order valence-electron chi connectivity index (χ3n) is 3.33. The number of aliphatic hydroxyl groups excluding tert-OH is 1. The van der Waals surface area contributed by atoms with E-state index in [4.69, 9.17) is 0 Å². The summed E-state index contributed by atoms with van der Waals surface area (Å²) in [5, 5.41) is 9.45. The van der Waals surface area contributed by atoms with Crippen LogP contribution >= 0.6 is 0 Å². The van der Waals surface area contributed by atoms with Gasteiger partial charge in [-0.2, -0.15) is 0 Å². The Kier molecular flexibility index (Phi) is 0.791. The summed E-state index contributed by atoms with van der Waals surface area (Å²) in [6.45, 7) is 0. The molecule has 10 heavy (non-hydrogen) atoms. The van der Waals surface area contributed by atoms with E-state index in [9.17, 15) is 5.11 Å². The van der Waals surface area contributed by atoms with Gasteiger partial charge in [0, 0.05) is 0 Å². The molecule has 0 aromatic heterocycles. The lowest BCUT2D eigenvalue weighted by molar-refractivity contribution is 0.192. The number of aliphatic hydroxyl groups is 1. The van der Waals surface area contributed by atoms with Crippen molar-refractivity contribution in [1.82, 2.24) is 0 Å². The third kappa shape index (κ3) is 0.567. The minimum Gasteiger partial charge on any atom is -0.389 e. The van der Waals surface area contributed by atoms with Crippen LogP contribution in [0.1, 0.15) is 12.8 Å². The second kappa shape index (κ2) is 1.48. The molecule has 1 nitrogen and oxygen atoms in total. The van der Waals surface area contributed by atoms with Crippen molar-refractivity contribution >= 4 is 0 Å². The fourth-order valence-electron chi connectivity index (χ4n) is 2.47. The van der Waals surface area contributed by atoms with E-state index in [2.05, 4.69) is 6.08 Å². The minimum atomic E-state index is -0.0993. The molecule has 54 valence electrons. The maximum absolute atomic E-state index is 9.45. The second-order valence-electron chi connectivity index (χ2n) is 4.00. The summed E-state index contributed by atoms with van der Waals surface area (Å²) in [4.78, 5) is 0. The van der Waals surface area contributed by atoms with Crippen molar-refractivity contribution in [2.24, 2.45) is 23.7 Å². The van der Waals surface area contributed by atoms with Gasteiger partial charge in [0.1, 0.15) is 0 Å². The lowest BCUT2D eigenvalue weighted by Crippen LogP contribution is -2.05. The summed E-state index contributed by atoms with van der Waals surface area (Å²) in [6.07, 6.45) is 6.85. The van der Waals surface area contributed by atoms with Gasteiger partial charge in [0.15, 0.2) is 0 Å². The molecule has 0 aromatic carbocycles. The predicted molar refractivity (Wildman–Crippen MR) is 38.3 cm³/mol. The first kappa shape index (κ1) is 5.36. The molecular weight excluding hydrogens is 124 g/mol. The van der Waals surface area contributed by atoms with Crippen LogP contribution in [0.5, 0.6) is 0 Å². The molecule has 0 aliphatic heterocycles. The Labute approximate surface area is 60.7 Å². The average molecular weight is 136 g/mol. The molecule has 2 saturated carbocycles. The predicted octanol–water partition coefficient (Wildman–Crippen LogP) is 1.19. The Balaban J connectivity index is 1.91. The number of hydrogen-bond acceptors (Lipinski definition) is 1. The standard InChI is InChI=1S/C9H12O/c10-9-2-1-5-3-6(5)7-4-8(7)9/h1-2,5-10H,3-4H2/t5-,6-,7-,8-,9-/m0/s1. The number of rotatable bonds is 0. The van der Waals surface area contributed by atoms with Crippen molar-refractivity contribution in [3.8, 4) is 0 Å². The number of hydrogen-bond donors (Lipinski definition) is 1. The summed E-state index contributed by atoms with van der Waals surface area (Å²) in [5.41, 5.74) is 0. The van der Waals surface area contributed by atoms with E-state index in [-0.39, 0.29) is 6.10 Å². The van der Waals surface area contributed by atoms with Crippen molar-refractivity contribution in [2.45, 2.75) is 18.9 Å². The van der Waals surface area contributed by atoms with E-state index >= 15 is 0 Å². The number of fused-ring (bicyclic) bond motifs is 3. The Morgan fingerprint density at radius 3 is 2.80 bits per heavy atom. The van der Waals surface area contributed by atoms with E-state index < -0.39 is 0 Å². The van der Waals surface area contributed by atoms with Gasteiger partial charge in [0.2, 0.25) is 0 Å². The third-order valence-corrected chi connectivity index (χ3v) is 3.33. The van der Waals surface area contributed by atoms with Crippen molar-refractivity contribution in [3.05, 3.63) is 12.2 Å². The van der Waals surface area contributed by atoms with Crippen LogP contribution in [0.3, 0.4) is 0 Å². The van der Waals surface area contributed by atoms with Gasteiger partial charge in [-0.05, 0) is 36.5 Å². The fourth-order valence-corrected chi connectivity index (χ4v) is 2.47. The average Bonchev–Trinajstić information content (AvgIpc) is 2.71. The smallest absolute Gasteiger partial charge is 0.0752 e. The highest BCUT2D eigenvalue weighted by Gasteiger charge is 2.55. The molecule has 3 aliphatic carbocycles. The lowest BCUT2D eigenvalue weighted by Gasteiger charge is -2.00. The zero-order valence-corrected chi connectivity index (χ0v) is 5.90. The van der Waals surface area contributed by atoms with Crippen LogP contribution in [-0.2, 0) is 0 Å². The van der Waals surface area contributed by atoms with Crippen LogP contribution in [-0.4, -0.2) is 11.2 Å². The molecule has 3 rings (SSSR count). The SMILES string of the molecule is O[C@H]1C=C[C@H]2C[C@@H]2[C@@H]2C[C@@H]21. The van der Waals surface area contributed by atoms with Crippen molar-refractivity contribution in [2.75, 3.05) is 0 Å². The summed E-state index contributed by atoms with van der Waals surface area (Å²) < 4.78 is 0. The first-order chi connectivity index (χ1) is 4.86. The van der Waals surface area contributed by atoms with E-state index in [1.807, 2.05) is 6.08 Å². The van der Waals surface area contributed by atoms with Crippen LogP contribution < -0.4 is 0 Å². The van der Waals surface area contributed by atoms with Gasteiger partial charge >= 0.3 is 0 Å². The first-order valence-electron chi connectivity index (χ1n) is 4.22. The molecule has 0 amide bonds. The second-order valence-corrected chi connectivity index (χ2v) is 4.00. The van der Waals surface area contributed by atoms with Crippen LogP contribution in [0.25, 0.3) is 0 Å². The van der Waals surface area contributed by atoms with Gasteiger partial charge in [-0.25, -0.2) is 0 Å². The van der Waals surface area contributed by atoms with E-state index in [0.29, 0.717) is 5.92 Å². The lowest BCUT2D eigenvalue weighted by atomic mass is 10.1. The molecule has 5 atom stereocenters. The largest absolute Gasteiger partial charge is 0.389 e. The Bertz CT molecular complexity index is 197. The highest BCUT2D eigenvalue weighted by molar-refractivity contribution is 5.17. The molecular formula is C9H12O. The van der Waals surface area contributed by atoms with Crippen molar-refractivity contribution in [3.63, 3.8) is 0 Å². The highest BCUT2D eigenvalue weighted by atomic mass is 16.3. The normalized spacial score (nSPS) is 62.3. The van der Waals surface area contributed by atoms with Gasteiger partial charge in [0.05, 0.1) is 6.10 Å². The summed E-state index contributed by atoms with van der Waals surface area (Å²) in [6, 6.07) is 0. The zero-order valence-electron chi connectivity index (χ0n) is 5.90. The van der Waals surface area contributed by atoms with Crippen LogP contribution in [0.4, 0.5) is 0 Å². The molecule has 0 radical (unpaired) electrons. The van der Waals surface area contributed by atoms with Gasteiger partial charge in [-0.1, -0.05) is 12.2 Å². The highest BCUT2D eigenvalue weighted by Crippen LogP contribution is 2.61. The monoisotopic (exact) mass is 136 g/mol. The zero-order chi connectivity index (χ0) is 6.72. The molecule has 0 spiro atoms. The van der Waals surface area contributed by atoms with Gasteiger partial charge < -0.3 is 5.11 Å². The van der Waals surface area contributed by atoms with Crippen LogP contribution in [0, 0.1) is 23.7 Å². The first-order valence-corrected chi connectivity index (χ1v) is 4.22. The summed E-state index contributed by atoms with van der Waals surface area (Å²) >= 11 is 0. The van der Waals surface area contributed by atoms with Crippen LogP contribution in [0.15, 0.2) is 12.2 Å². The molecule has 1 heteroatoms. The molecule has 0 saturated heterocycles. The van der Waals surface area contributed by atoms with E-state index in [1.165, 1.54) is 12.8 Å². The molecule has 1 N–H and O–H groups in total. The van der Waals surface area contributed by atoms with E-state index in [0.717, 1.165) is 17.8 Å². The Morgan fingerprint density at radius 1 is 1.00 bits per heavy atom. The number of allylic oxidation sites excluding steroid dienone is 1. The van der Waals surface area contributed by atoms with Gasteiger partial charge in [-0.15, -0.1) is 0 Å². The topological polar surface area (TPSA) is 20.2 Å². The molecule has 0 aromatic rings. The molecule has 3 aliphatic rings. The van der Waals surface area contributed by atoms with Crippen molar-refractivity contribution in [1.29, 1.82) is 0 Å². The Morgan fingerprint density at radius 2 is 1.90 bits per heavy atom. The fraction of sp³-hybridized carbons (Fsp3) is 0.778. The molecule has 0 bridgehead atoms. The molecule has 0 unspecified atom stereocenters. The summed E-state index contributed by atoms with van der Waals surface area (Å²) in [7, 11) is 0. The molecule has 2 fully saturated rings. The minimum absolute atomic E-state index is 0.0993. The van der Waals surface area contributed by atoms with Gasteiger partial charge in [0.25, 0.3) is 0 Å². The van der Waals surface area contributed by atoms with Crippen molar-refractivity contribution < 1.29 is 5.11 Å².